The van der Waals surface area contributed by atoms with Crippen LogP contribution in [0, 0.1) is 11.3 Å². The van der Waals surface area contributed by atoms with Gasteiger partial charge >= 0.3 is 6.18 Å². The summed E-state index contributed by atoms with van der Waals surface area (Å²) < 4.78 is 38.9. The van der Waals surface area contributed by atoms with E-state index in [-0.39, 0.29) is 5.56 Å². The maximum absolute atomic E-state index is 12.7. The van der Waals surface area contributed by atoms with Crippen LogP contribution in [0.3, 0.4) is 0 Å². The predicted octanol–water partition coefficient (Wildman–Crippen LogP) is 5.14. The molecule has 21 heavy (non-hydrogen) atoms. The van der Waals surface area contributed by atoms with Gasteiger partial charge in [0.05, 0.1) is 11.6 Å². The number of nitrogens with one attached hydrogen (secondary N) is 1. The molecule has 0 aliphatic rings. The van der Waals surface area contributed by atoms with Crippen molar-refractivity contribution in [3.05, 3.63) is 64.1 Å². The van der Waals surface area contributed by atoms with E-state index in [1.165, 1.54) is 12.1 Å². The summed E-state index contributed by atoms with van der Waals surface area (Å²) in [7, 11) is 0. The van der Waals surface area contributed by atoms with Crippen LogP contribution in [0.15, 0.2) is 53.0 Å². The highest BCUT2D eigenvalue weighted by Gasteiger charge is 2.31. The lowest BCUT2D eigenvalue weighted by Crippen LogP contribution is -2.11. The SMILES string of the molecule is N#CC(Nc1cccc(Br)c1)c1cccc(C(F)(F)F)c1. The fraction of sp³-hybridized carbons (Fsp3) is 0.133. The van der Waals surface area contributed by atoms with E-state index < -0.39 is 17.8 Å². The molecule has 0 saturated heterocycles. The van der Waals surface area contributed by atoms with Gasteiger partial charge in [-0.05, 0) is 35.9 Å². The Balaban J connectivity index is 2.28. The molecular weight excluding hydrogens is 345 g/mol. The number of alkyl halides is 3. The van der Waals surface area contributed by atoms with Crippen LogP contribution in [-0.4, -0.2) is 0 Å². The molecule has 2 nitrogen and oxygen atoms in total. The van der Waals surface area contributed by atoms with Crippen LogP contribution in [0.25, 0.3) is 0 Å². The molecule has 2 aromatic carbocycles. The summed E-state index contributed by atoms with van der Waals surface area (Å²) in [5.74, 6) is 0. The minimum atomic E-state index is -4.42. The van der Waals surface area contributed by atoms with E-state index in [1.54, 1.807) is 18.2 Å². The van der Waals surface area contributed by atoms with Gasteiger partial charge in [-0.1, -0.05) is 34.1 Å². The zero-order valence-corrected chi connectivity index (χ0v) is 12.2. The summed E-state index contributed by atoms with van der Waals surface area (Å²) in [6.07, 6.45) is -4.42. The van der Waals surface area contributed by atoms with Crippen molar-refractivity contribution in [1.29, 1.82) is 5.26 Å². The fourth-order valence-corrected chi connectivity index (χ4v) is 2.23. The molecule has 1 atom stereocenters. The fourth-order valence-electron chi connectivity index (χ4n) is 1.83. The third-order valence-electron chi connectivity index (χ3n) is 2.81. The monoisotopic (exact) mass is 354 g/mol. The number of benzene rings is 2. The van der Waals surface area contributed by atoms with Crippen LogP contribution in [0.2, 0.25) is 0 Å². The normalized spacial score (nSPS) is 12.5. The van der Waals surface area contributed by atoms with Gasteiger partial charge in [0.1, 0.15) is 6.04 Å². The van der Waals surface area contributed by atoms with Crippen molar-refractivity contribution in [1.82, 2.24) is 0 Å². The van der Waals surface area contributed by atoms with Gasteiger partial charge in [-0.2, -0.15) is 18.4 Å². The second-order valence-electron chi connectivity index (χ2n) is 4.34. The van der Waals surface area contributed by atoms with Crippen molar-refractivity contribution in [2.45, 2.75) is 12.2 Å². The van der Waals surface area contributed by atoms with Crippen LogP contribution < -0.4 is 5.32 Å². The van der Waals surface area contributed by atoms with Crippen LogP contribution in [0.5, 0.6) is 0 Å². The number of hydrogen-bond acceptors (Lipinski definition) is 2. The summed E-state index contributed by atoms with van der Waals surface area (Å²) in [5.41, 5.74) is 0.150. The van der Waals surface area contributed by atoms with E-state index in [2.05, 4.69) is 21.2 Å². The number of halogens is 4. The van der Waals surface area contributed by atoms with Gasteiger partial charge in [0.15, 0.2) is 0 Å². The Morgan fingerprint density at radius 2 is 1.81 bits per heavy atom. The quantitative estimate of drug-likeness (QED) is 0.827. The third kappa shape index (κ3) is 3.99. The first kappa shape index (κ1) is 15.4. The standard InChI is InChI=1S/C15H10BrF3N2/c16-12-5-2-6-13(8-12)21-14(9-20)10-3-1-4-11(7-10)15(17,18)19/h1-8,14,21H. The first-order valence-corrected chi connectivity index (χ1v) is 6.78. The minimum absolute atomic E-state index is 0.271. The molecule has 0 aliphatic carbocycles. The van der Waals surface area contributed by atoms with Crippen molar-refractivity contribution < 1.29 is 13.2 Å². The number of anilines is 1. The Kier molecular flexibility index (Phi) is 4.53. The molecule has 0 amide bonds. The second-order valence-corrected chi connectivity index (χ2v) is 5.26. The van der Waals surface area contributed by atoms with Gasteiger partial charge in [0, 0.05) is 10.2 Å². The smallest absolute Gasteiger partial charge is 0.366 e. The lowest BCUT2D eigenvalue weighted by atomic mass is 10.0. The lowest BCUT2D eigenvalue weighted by Gasteiger charge is -2.15. The molecule has 6 heteroatoms. The van der Waals surface area contributed by atoms with E-state index in [4.69, 9.17) is 0 Å². The van der Waals surface area contributed by atoms with Crippen LogP contribution in [0.1, 0.15) is 17.2 Å². The van der Waals surface area contributed by atoms with E-state index in [1.807, 2.05) is 12.1 Å². The topological polar surface area (TPSA) is 35.8 Å². The first-order valence-electron chi connectivity index (χ1n) is 5.99. The Morgan fingerprint density at radius 1 is 1.10 bits per heavy atom. The molecule has 108 valence electrons. The molecule has 0 radical (unpaired) electrons. The third-order valence-corrected chi connectivity index (χ3v) is 3.31. The zero-order chi connectivity index (χ0) is 15.5. The molecule has 0 heterocycles. The number of hydrogen-bond donors (Lipinski definition) is 1. The number of rotatable bonds is 3. The zero-order valence-electron chi connectivity index (χ0n) is 10.7. The Hall–Kier alpha value is -2.00. The Labute approximate surface area is 128 Å². The summed E-state index contributed by atoms with van der Waals surface area (Å²) in [4.78, 5) is 0. The highest BCUT2D eigenvalue weighted by Crippen LogP contribution is 2.31. The maximum atomic E-state index is 12.7. The number of nitriles is 1. The van der Waals surface area contributed by atoms with E-state index in [0.29, 0.717) is 5.69 Å². The van der Waals surface area contributed by atoms with E-state index >= 15 is 0 Å². The van der Waals surface area contributed by atoms with Crippen molar-refractivity contribution in [2.24, 2.45) is 0 Å². The average molecular weight is 355 g/mol. The van der Waals surface area contributed by atoms with Crippen LogP contribution in [-0.2, 0) is 6.18 Å². The first-order chi connectivity index (χ1) is 9.90. The lowest BCUT2D eigenvalue weighted by molar-refractivity contribution is -0.137. The summed E-state index contributed by atoms with van der Waals surface area (Å²) >= 11 is 3.30. The largest absolute Gasteiger partial charge is 0.416 e. The van der Waals surface area contributed by atoms with Crippen molar-refractivity contribution in [3.63, 3.8) is 0 Å². The summed E-state index contributed by atoms with van der Waals surface area (Å²) in [5, 5.41) is 12.1. The highest BCUT2D eigenvalue weighted by molar-refractivity contribution is 9.10. The van der Waals surface area contributed by atoms with Gasteiger partial charge in [-0.15, -0.1) is 0 Å². The maximum Gasteiger partial charge on any atom is 0.416 e. The van der Waals surface area contributed by atoms with Gasteiger partial charge < -0.3 is 5.32 Å². The summed E-state index contributed by atoms with van der Waals surface area (Å²) in [6, 6.07) is 12.9. The van der Waals surface area contributed by atoms with Crippen LogP contribution in [0.4, 0.5) is 18.9 Å². The van der Waals surface area contributed by atoms with E-state index in [9.17, 15) is 18.4 Å². The van der Waals surface area contributed by atoms with Crippen molar-refractivity contribution in [2.75, 3.05) is 5.32 Å². The van der Waals surface area contributed by atoms with Gasteiger partial charge in [-0.25, -0.2) is 0 Å². The average Bonchev–Trinajstić information content (AvgIpc) is 2.44. The molecule has 0 aliphatic heterocycles. The molecule has 1 N–H and O–H groups in total. The molecule has 2 aromatic rings. The summed E-state index contributed by atoms with van der Waals surface area (Å²) in [6.45, 7) is 0. The molecule has 1 unspecified atom stereocenters. The van der Waals surface area contributed by atoms with Gasteiger partial charge in [0.2, 0.25) is 0 Å². The predicted molar refractivity (Wildman–Crippen MR) is 77.6 cm³/mol. The van der Waals surface area contributed by atoms with Crippen molar-refractivity contribution >= 4 is 21.6 Å². The van der Waals surface area contributed by atoms with E-state index in [0.717, 1.165) is 16.6 Å². The van der Waals surface area contributed by atoms with Crippen molar-refractivity contribution in [3.8, 4) is 6.07 Å². The number of nitrogens with zero attached hydrogens (tertiary/aromatic N) is 1. The molecule has 0 saturated carbocycles. The van der Waals surface area contributed by atoms with Gasteiger partial charge in [-0.3, -0.25) is 0 Å². The Morgan fingerprint density at radius 3 is 2.43 bits per heavy atom. The second kappa shape index (κ2) is 6.19. The molecule has 0 fully saturated rings. The molecule has 0 spiro atoms. The van der Waals surface area contributed by atoms with Crippen LogP contribution >= 0.6 is 15.9 Å². The molecular formula is C15H10BrF3N2. The Bertz CT molecular complexity index is 677. The molecule has 0 aromatic heterocycles. The minimum Gasteiger partial charge on any atom is -0.366 e. The van der Waals surface area contributed by atoms with Gasteiger partial charge in [0.25, 0.3) is 0 Å². The molecule has 0 bridgehead atoms. The highest BCUT2D eigenvalue weighted by atomic mass is 79.9. The molecule has 2 rings (SSSR count).